The molecule has 2 aliphatic rings. The summed E-state index contributed by atoms with van der Waals surface area (Å²) in [5, 5.41) is 7.90. The largest absolute Gasteiger partial charge is 0.352 e. The maximum atomic E-state index is 12.8. The number of anilines is 2. The number of nitrogens with one attached hydrogen (secondary N) is 2. The van der Waals surface area contributed by atoms with Crippen LogP contribution in [0.15, 0.2) is 6.07 Å². The lowest BCUT2D eigenvalue weighted by atomic mass is 10.2. The monoisotopic (exact) mass is 487 g/mol. The van der Waals surface area contributed by atoms with Crippen LogP contribution >= 0.6 is 22.7 Å². The average Bonchev–Trinajstić information content (AvgIpc) is 3.61. The van der Waals surface area contributed by atoms with Crippen LogP contribution in [0.2, 0.25) is 0 Å². The average molecular weight is 488 g/mol. The van der Waals surface area contributed by atoms with E-state index in [0.29, 0.717) is 5.13 Å². The molecular formula is C22H29N7O2S2. The van der Waals surface area contributed by atoms with Gasteiger partial charge in [0.2, 0.25) is 11.8 Å². The molecule has 2 fully saturated rings. The van der Waals surface area contributed by atoms with Gasteiger partial charge in [0.05, 0.1) is 27.0 Å². The van der Waals surface area contributed by atoms with Crippen molar-refractivity contribution in [1.82, 2.24) is 19.8 Å². The highest BCUT2D eigenvalue weighted by atomic mass is 32.1. The van der Waals surface area contributed by atoms with Crippen LogP contribution in [0.25, 0.3) is 20.4 Å². The van der Waals surface area contributed by atoms with Gasteiger partial charge < -0.3 is 26.2 Å². The quantitative estimate of drug-likeness (QED) is 0.469. The number of likely N-dealkylation sites (tertiary alicyclic amines) is 2. The smallest absolute Gasteiger partial charge is 0.246 e. The zero-order valence-electron chi connectivity index (χ0n) is 18.7. The van der Waals surface area contributed by atoms with E-state index in [0.717, 1.165) is 83.0 Å². The zero-order valence-corrected chi connectivity index (χ0v) is 20.4. The van der Waals surface area contributed by atoms with Crippen LogP contribution in [0.3, 0.4) is 0 Å². The number of carbonyl (C=O) groups excluding carboxylic acids is 2. The van der Waals surface area contributed by atoms with Crippen molar-refractivity contribution in [2.24, 2.45) is 5.73 Å². The van der Waals surface area contributed by atoms with Gasteiger partial charge in [0.15, 0.2) is 10.3 Å². The highest BCUT2D eigenvalue weighted by Gasteiger charge is 2.26. The second-order valence-electron chi connectivity index (χ2n) is 8.64. The van der Waals surface area contributed by atoms with E-state index in [4.69, 9.17) is 15.7 Å². The number of nitrogens with two attached hydrogens (primary N) is 1. The predicted octanol–water partition coefficient (Wildman–Crippen LogP) is 2.61. The fourth-order valence-electron chi connectivity index (χ4n) is 4.52. The van der Waals surface area contributed by atoms with E-state index >= 15 is 0 Å². The fraction of sp³-hybridized carbons (Fsp3) is 0.545. The minimum atomic E-state index is -0.466. The van der Waals surface area contributed by atoms with Crippen LogP contribution in [0, 0.1) is 6.92 Å². The molecular weight excluding hydrogens is 458 g/mol. The first-order chi connectivity index (χ1) is 16.0. The first kappa shape index (κ1) is 22.3. The number of rotatable bonds is 7. The van der Waals surface area contributed by atoms with E-state index in [1.807, 2.05) is 16.7 Å². The van der Waals surface area contributed by atoms with Crippen LogP contribution in [0.1, 0.15) is 31.2 Å². The number of nitrogens with zero attached hydrogens (tertiary/aromatic N) is 4. The zero-order chi connectivity index (χ0) is 22.9. The van der Waals surface area contributed by atoms with Crippen molar-refractivity contribution in [1.29, 1.82) is 0 Å². The van der Waals surface area contributed by atoms with Crippen LogP contribution < -0.4 is 16.4 Å². The van der Waals surface area contributed by atoms with E-state index in [1.54, 1.807) is 11.3 Å². The number of carbonyl (C=O) groups is 2. The minimum Gasteiger partial charge on any atom is -0.352 e. The Bertz CT molecular complexity index is 1180. The van der Waals surface area contributed by atoms with Gasteiger partial charge in [-0.15, -0.1) is 0 Å². The normalized spacial score (nSPS) is 17.3. The van der Waals surface area contributed by atoms with E-state index < -0.39 is 6.04 Å². The molecule has 4 heterocycles. The van der Waals surface area contributed by atoms with Crippen molar-refractivity contribution >= 4 is 65.2 Å². The van der Waals surface area contributed by atoms with E-state index in [9.17, 15) is 9.59 Å². The highest BCUT2D eigenvalue weighted by Crippen LogP contribution is 2.37. The summed E-state index contributed by atoms with van der Waals surface area (Å²) in [5.41, 5.74) is 8.68. The third-order valence-electron chi connectivity index (χ3n) is 6.38. The van der Waals surface area contributed by atoms with E-state index in [-0.39, 0.29) is 24.9 Å². The lowest BCUT2D eigenvalue weighted by Gasteiger charge is -2.22. The van der Waals surface area contributed by atoms with Crippen LogP contribution in [0.5, 0.6) is 0 Å². The number of fused-ring (bicyclic) bond motifs is 2. The molecule has 2 saturated heterocycles. The number of benzene rings is 1. The number of thiazole rings is 2. The first-order valence-electron chi connectivity index (χ1n) is 11.5. The predicted molar refractivity (Wildman–Crippen MR) is 134 cm³/mol. The summed E-state index contributed by atoms with van der Waals surface area (Å²) >= 11 is 3.07. The molecule has 5 rings (SSSR count). The van der Waals surface area contributed by atoms with Gasteiger partial charge in [-0.25, -0.2) is 9.97 Å². The lowest BCUT2D eigenvalue weighted by Crippen LogP contribution is -2.45. The molecule has 0 aliphatic carbocycles. The molecule has 0 radical (unpaired) electrons. The lowest BCUT2D eigenvalue weighted by molar-refractivity contribution is -0.130. The van der Waals surface area contributed by atoms with Gasteiger partial charge in [-0.1, -0.05) is 22.7 Å². The van der Waals surface area contributed by atoms with Crippen LogP contribution in [-0.2, 0) is 9.59 Å². The fourth-order valence-corrected chi connectivity index (χ4v) is 6.58. The second kappa shape index (κ2) is 9.40. The van der Waals surface area contributed by atoms with Crippen molar-refractivity contribution in [3.8, 4) is 0 Å². The Morgan fingerprint density at radius 1 is 1.00 bits per heavy atom. The Morgan fingerprint density at radius 2 is 1.58 bits per heavy atom. The standard InChI is InChI=1S/C22H29N7O2S2/c1-13-18-15(32-21(26-18)24-12-17(30)28-6-2-3-7-28)10-16-19(13)27-22(33-16)25-14(11-23)20(31)29-8-4-5-9-29/h10,14H,2-9,11-12,23H2,1H3,(H,24,26)(H,25,27). The number of aryl methyl sites for hydroxylation is 1. The van der Waals surface area contributed by atoms with Crippen LogP contribution in [-0.4, -0.2) is 76.9 Å². The summed E-state index contributed by atoms with van der Waals surface area (Å²) in [7, 11) is 0. The third kappa shape index (κ3) is 4.49. The Balaban J connectivity index is 1.32. The molecule has 0 saturated carbocycles. The van der Waals surface area contributed by atoms with Gasteiger partial charge in [-0.3, -0.25) is 9.59 Å². The van der Waals surface area contributed by atoms with Gasteiger partial charge in [0, 0.05) is 38.3 Å². The molecule has 33 heavy (non-hydrogen) atoms. The molecule has 1 atom stereocenters. The maximum Gasteiger partial charge on any atom is 0.246 e. The molecule has 0 spiro atoms. The van der Waals surface area contributed by atoms with Gasteiger partial charge in [-0.2, -0.15) is 0 Å². The molecule has 1 aromatic carbocycles. The van der Waals surface area contributed by atoms with E-state index in [1.165, 1.54) is 11.3 Å². The van der Waals surface area contributed by atoms with Gasteiger partial charge in [0.1, 0.15) is 6.04 Å². The Morgan fingerprint density at radius 3 is 2.21 bits per heavy atom. The van der Waals surface area contributed by atoms with Crippen LogP contribution in [0.4, 0.5) is 10.3 Å². The van der Waals surface area contributed by atoms with Crippen molar-refractivity contribution in [2.45, 2.75) is 38.6 Å². The maximum absolute atomic E-state index is 12.8. The first-order valence-corrected chi connectivity index (χ1v) is 13.1. The number of hydrogen-bond donors (Lipinski definition) is 3. The molecule has 0 bridgehead atoms. The summed E-state index contributed by atoms with van der Waals surface area (Å²) < 4.78 is 2.09. The molecule has 2 amide bonds. The summed E-state index contributed by atoms with van der Waals surface area (Å²) in [6.45, 7) is 5.83. The molecule has 2 aliphatic heterocycles. The van der Waals surface area contributed by atoms with Gasteiger partial charge in [-0.05, 0) is 38.7 Å². The number of hydrogen-bond acceptors (Lipinski definition) is 9. The number of aromatic nitrogens is 2. The topological polar surface area (TPSA) is 116 Å². The molecule has 4 N–H and O–H groups in total. The van der Waals surface area contributed by atoms with Crippen molar-refractivity contribution in [2.75, 3.05) is 49.9 Å². The van der Waals surface area contributed by atoms with Crippen molar-refractivity contribution < 1.29 is 9.59 Å². The SMILES string of the molecule is Cc1c2nc(NCC(=O)N3CCCC3)sc2cc2sc(NC(CN)C(=O)N3CCCC3)nc12. The molecule has 176 valence electrons. The van der Waals surface area contributed by atoms with Gasteiger partial charge >= 0.3 is 0 Å². The highest BCUT2D eigenvalue weighted by molar-refractivity contribution is 7.24. The Kier molecular flexibility index (Phi) is 6.35. The molecule has 1 unspecified atom stereocenters. The Labute approximate surface area is 200 Å². The summed E-state index contributed by atoms with van der Waals surface area (Å²) in [6, 6.07) is 1.62. The number of amides is 2. The third-order valence-corrected chi connectivity index (χ3v) is 8.27. The summed E-state index contributed by atoms with van der Waals surface area (Å²) in [5.74, 6) is 0.174. The van der Waals surface area contributed by atoms with Crippen molar-refractivity contribution in [3.05, 3.63) is 11.6 Å². The molecule has 2 aromatic heterocycles. The molecule has 3 aromatic rings. The summed E-state index contributed by atoms with van der Waals surface area (Å²) in [4.78, 5) is 38.4. The van der Waals surface area contributed by atoms with Crippen molar-refractivity contribution in [3.63, 3.8) is 0 Å². The molecule has 11 heteroatoms. The van der Waals surface area contributed by atoms with E-state index in [2.05, 4.69) is 16.7 Å². The van der Waals surface area contributed by atoms with Gasteiger partial charge in [0.25, 0.3) is 0 Å². The minimum absolute atomic E-state index is 0.0489. The second-order valence-corrected chi connectivity index (χ2v) is 10.7. The Hall–Kier alpha value is -2.50. The summed E-state index contributed by atoms with van der Waals surface area (Å²) in [6.07, 6.45) is 4.28. The molecule has 9 nitrogen and oxygen atoms in total.